The Balaban J connectivity index is 2.27. The molecule has 1 aromatic heterocycles. The highest BCUT2D eigenvalue weighted by atomic mass is 35.5. The molecule has 0 saturated heterocycles. The third kappa shape index (κ3) is 2.68. The maximum Gasteiger partial charge on any atom is 0.357 e. The Morgan fingerprint density at radius 3 is 2.09 bits per heavy atom. The van der Waals surface area contributed by atoms with Crippen molar-refractivity contribution in [1.29, 1.82) is 0 Å². The highest BCUT2D eigenvalue weighted by Crippen LogP contribution is 2.14. The molecule has 0 bridgehead atoms. The van der Waals surface area contributed by atoms with E-state index < -0.39 is 11.4 Å². The minimum Gasteiger partial charge on any atom is -0.252 e. The number of nitrogens with zero attached hydrogens (tertiary/aromatic N) is 3. The molecule has 3 rings (SSSR count). The predicted octanol–water partition coefficient (Wildman–Crippen LogP) is 2.69. The second-order valence-electron chi connectivity index (χ2n) is 4.47. The lowest BCUT2D eigenvalue weighted by atomic mass is 10.3. The summed E-state index contributed by atoms with van der Waals surface area (Å²) < 4.78 is 2.20. The monoisotopic (exact) mass is 333 g/mol. The number of hydrogen-bond acceptors (Lipinski definition) is 3. The zero-order chi connectivity index (χ0) is 15.7. The molecule has 0 N–H and O–H groups in total. The van der Waals surface area contributed by atoms with E-state index in [4.69, 9.17) is 23.2 Å². The van der Waals surface area contributed by atoms with E-state index in [9.17, 15) is 9.59 Å². The second-order valence-corrected chi connectivity index (χ2v) is 5.35. The van der Waals surface area contributed by atoms with Gasteiger partial charge in [-0.15, -0.1) is 0 Å². The molecule has 0 aliphatic carbocycles. The fourth-order valence-corrected chi connectivity index (χ4v) is 2.41. The van der Waals surface area contributed by atoms with Crippen molar-refractivity contribution in [1.82, 2.24) is 14.1 Å². The van der Waals surface area contributed by atoms with Gasteiger partial charge in [-0.05, 0) is 36.4 Å². The molecule has 0 unspecified atom stereocenters. The standard InChI is InChI=1S/C15H9Cl2N3O2/c16-10-3-1-5-12(7-10)19-9-18-14(21)20(15(19)22)13-6-2-4-11(17)8-13/h1-9H. The number of rotatable bonds is 2. The molecule has 110 valence electrons. The zero-order valence-electron chi connectivity index (χ0n) is 11.1. The normalized spacial score (nSPS) is 10.6. The summed E-state index contributed by atoms with van der Waals surface area (Å²) in [6.45, 7) is 0. The minimum atomic E-state index is -0.675. The Labute approximate surface area is 135 Å². The van der Waals surface area contributed by atoms with Gasteiger partial charge >= 0.3 is 11.4 Å². The van der Waals surface area contributed by atoms with Crippen LogP contribution in [0.25, 0.3) is 11.4 Å². The average molecular weight is 334 g/mol. The summed E-state index contributed by atoms with van der Waals surface area (Å²) >= 11 is 11.8. The number of benzene rings is 2. The van der Waals surface area contributed by atoms with Gasteiger partial charge in [0, 0.05) is 10.0 Å². The molecule has 0 saturated carbocycles. The van der Waals surface area contributed by atoms with E-state index in [1.807, 2.05) is 0 Å². The van der Waals surface area contributed by atoms with Crippen molar-refractivity contribution in [2.75, 3.05) is 0 Å². The Bertz CT molecular complexity index is 963. The Hall–Kier alpha value is -2.37. The molecule has 0 aliphatic heterocycles. The van der Waals surface area contributed by atoms with Gasteiger partial charge in [0.15, 0.2) is 0 Å². The third-order valence-corrected chi connectivity index (χ3v) is 3.50. The van der Waals surface area contributed by atoms with E-state index in [1.165, 1.54) is 17.0 Å². The molecule has 1 heterocycles. The Morgan fingerprint density at radius 2 is 1.45 bits per heavy atom. The van der Waals surface area contributed by atoms with Crippen molar-refractivity contribution in [3.8, 4) is 11.4 Å². The highest BCUT2D eigenvalue weighted by molar-refractivity contribution is 6.31. The van der Waals surface area contributed by atoms with Crippen molar-refractivity contribution in [3.05, 3.63) is 85.9 Å². The van der Waals surface area contributed by atoms with Gasteiger partial charge in [-0.1, -0.05) is 35.3 Å². The van der Waals surface area contributed by atoms with Crippen LogP contribution < -0.4 is 11.4 Å². The summed E-state index contributed by atoms with van der Waals surface area (Å²) in [4.78, 5) is 28.3. The molecule has 0 amide bonds. The van der Waals surface area contributed by atoms with Crippen LogP contribution in [0.5, 0.6) is 0 Å². The first-order valence-corrected chi connectivity index (χ1v) is 7.04. The molecule has 0 fully saturated rings. The van der Waals surface area contributed by atoms with Crippen LogP contribution in [0.4, 0.5) is 0 Å². The van der Waals surface area contributed by atoms with Crippen LogP contribution in [0.1, 0.15) is 0 Å². The van der Waals surface area contributed by atoms with E-state index >= 15 is 0 Å². The summed E-state index contributed by atoms with van der Waals surface area (Å²) in [5.74, 6) is 0. The first-order chi connectivity index (χ1) is 10.6. The predicted molar refractivity (Wildman–Crippen MR) is 85.5 cm³/mol. The van der Waals surface area contributed by atoms with Gasteiger partial charge in [-0.25, -0.2) is 14.2 Å². The minimum absolute atomic E-state index is 0.353. The number of aromatic nitrogens is 3. The first kappa shape index (κ1) is 14.6. The van der Waals surface area contributed by atoms with Crippen LogP contribution in [0, 0.1) is 0 Å². The summed E-state index contributed by atoms with van der Waals surface area (Å²) in [7, 11) is 0. The van der Waals surface area contributed by atoms with Crippen molar-refractivity contribution >= 4 is 23.2 Å². The lowest BCUT2D eigenvalue weighted by Gasteiger charge is -2.09. The molecular formula is C15H9Cl2N3O2. The molecular weight excluding hydrogens is 325 g/mol. The molecule has 3 aromatic rings. The van der Waals surface area contributed by atoms with Gasteiger partial charge in [0.1, 0.15) is 6.33 Å². The van der Waals surface area contributed by atoms with Gasteiger partial charge in [0.2, 0.25) is 0 Å². The quantitative estimate of drug-likeness (QED) is 0.724. The average Bonchev–Trinajstić information content (AvgIpc) is 2.47. The van der Waals surface area contributed by atoms with Crippen LogP contribution in [-0.4, -0.2) is 14.1 Å². The van der Waals surface area contributed by atoms with E-state index in [0.717, 1.165) is 4.57 Å². The summed E-state index contributed by atoms with van der Waals surface area (Å²) in [6.07, 6.45) is 1.18. The molecule has 2 aromatic carbocycles. The lowest BCUT2D eigenvalue weighted by Crippen LogP contribution is -2.39. The Morgan fingerprint density at radius 1 is 0.864 bits per heavy atom. The maximum absolute atomic E-state index is 12.6. The molecule has 0 radical (unpaired) electrons. The van der Waals surface area contributed by atoms with E-state index in [0.29, 0.717) is 21.4 Å². The van der Waals surface area contributed by atoms with Crippen molar-refractivity contribution in [2.45, 2.75) is 0 Å². The largest absolute Gasteiger partial charge is 0.357 e. The second kappa shape index (κ2) is 5.79. The summed E-state index contributed by atoms with van der Waals surface area (Å²) in [6, 6.07) is 13.1. The van der Waals surface area contributed by atoms with Gasteiger partial charge in [-0.3, -0.25) is 4.57 Å². The van der Waals surface area contributed by atoms with Crippen LogP contribution in [0.3, 0.4) is 0 Å². The fraction of sp³-hybridized carbons (Fsp3) is 0. The van der Waals surface area contributed by atoms with E-state index in [2.05, 4.69) is 4.98 Å². The van der Waals surface area contributed by atoms with Gasteiger partial charge in [0.05, 0.1) is 11.4 Å². The van der Waals surface area contributed by atoms with Gasteiger partial charge < -0.3 is 0 Å². The Kier molecular flexibility index (Phi) is 3.83. The molecule has 0 spiro atoms. The summed E-state index contributed by atoms with van der Waals surface area (Å²) in [5.41, 5.74) is -0.359. The third-order valence-electron chi connectivity index (χ3n) is 3.03. The lowest BCUT2D eigenvalue weighted by molar-refractivity contribution is 0.746. The number of halogens is 2. The van der Waals surface area contributed by atoms with Crippen molar-refractivity contribution in [3.63, 3.8) is 0 Å². The molecule has 5 nitrogen and oxygen atoms in total. The van der Waals surface area contributed by atoms with Crippen LogP contribution in [0.15, 0.2) is 64.4 Å². The molecule has 7 heteroatoms. The van der Waals surface area contributed by atoms with Crippen molar-refractivity contribution in [2.24, 2.45) is 0 Å². The topological polar surface area (TPSA) is 56.9 Å². The SMILES string of the molecule is O=c1ncn(-c2cccc(Cl)c2)c(=O)n1-c1cccc(Cl)c1. The van der Waals surface area contributed by atoms with Gasteiger partial charge in [0.25, 0.3) is 0 Å². The smallest absolute Gasteiger partial charge is 0.252 e. The van der Waals surface area contributed by atoms with Crippen LogP contribution in [-0.2, 0) is 0 Å². The highest BCUT2D eigenvalue weighted by Gasteiger charge is 2.10. The number of hydrogen-bond donors (Lipinski definition) is 0. The van der Waals surface area contributed by atoms with E-state index in [1.54, 1.807) is 42.5 Å². The summed E-state index contributed by atoms with van der Waals surface area (Å²) in [5, 5.41) is 0.895. The van der Waals surface area contributed by atoms with Gasteiger partial charge in [-0.2, -0.15) is 4.98 Å². The zero-order valence-corrected chi connectivity index (χ0v) is 12.6. The molecule has 22 heavy (non-hydrogen) atoms. The maximum atomic E-state index is 12.6. The molecule has 0 atom stereocenters. The fourth-order valence-electron chi connectivity index (χ4n) is 2.04. The van der Waals surface area contributed by atoms with Crippen molar-refractivity contribution < 1.29 is 0 Å². The van der Waals surface area contributed by atoms with Crippen LogP contribution in [0.2, 0.25) is 10.0 Å². The van der Waals surface area contributed by atoms with Crippen LogP contribution >= 0.6 is 23.2 Å². The first-order valence-electron chi connectivity index (χ1n) is 6.29. The molecule has 0 aliphatic rings. The van der Waals surface area contributed by atoms with E-state index in [-0.39, 0.29) is 0 Å².